The number of piperidine rings is 1. The van der Waals surface area contributed by atoms with Gasteiger partial charge in [0.2, 0.25) is 0 Å². The number of hydrogen-bond donors (Lipinski definition) is 0. The number of nitrogens with zero attached hydrogens (tertiary/aromatic N) is 1. The molecule has 1 aliphatic rings. The molecule has 4 rings (SSSR count). The molecule has 1 amide bonds. The second-order valence-electron chi connectivity index (χ2n) is 7.10. The Morgan fingerprint density at radius 1 is 1.00 bits per heavy atom. The fourth-order valence-corrected chi connectivity index (χ4v) is 4.85. The maximum Gasteiger partial charge on any atom is 0.263 e. The van der Waals surface area contributed by atoms with Gasteiger partial charge >= 0.3 is 0 Å². The van der Waals surface area contributed by atoms with E-state index in [9.17, 15) is 4.79 Å². The molecule has 2 aromatic carbocycles. The van der Waals surface area contributed by atoms with Crippen LogP contribution in [-0.2, 0) is 6.42 Å². The lowest BCUT2D eigenvalue weighted by Gasteiger charge is -2.31. The second-order valence-corrected chi connectivity index (χ2v) is 8.62. The molecule has 0 bridgehead atoms. The van der Waals surface area contributed by atoms with E-state index >= 15 is 0 Å². The van der Waals surface area contributed by atoms with Gasteiger partial charge in [-0.15, -0.1) is 11.3 Å². The fraction of sp³-hybridized carbons (Fsp3) is 0.261. The molecule has 0 saturated carbocycles. The minimum Gasteiger partial charge on any atom is -0.338 e. The van der Waals surface area contributed by atoms with Gasteiger partial charge in [-0.05, 0) is 60.6 Å². The van der Waals surface area contributed by atoms with Crippen molar-refractivity contribution in [1.29, 1.82) is 0 Å². The van der Waals surface area contributed by atoms with Gasteiger partial charge in [-0.1, -0.05) is 54.1 Å². The van der Waals surface area contributed by atoms with Crippen LogP contribution in [-0.4, -0.2) is 23.9 Å². The lowest BCUT2D eigenvalue weighted by molar-refractivity contribution is 0.0695. The highest BCUT2D eigenvalue weighted by molar-refractivity contribution is 7.17. The summed E-state index contributed by atoms with van der Waals surface area (Å²) in [6, 6.07) is 22.4. The molecule has 1 fully saturated rings. The minimum absolute atomic E-state index is 0.159. The van der Waals surface area contributed by atoms with E-state index in [2.05, 4.69) is 30.3 Å². The SMILES string of the molecule is O=C(c1ccc(-c2cccc(Cl)c2)s1)N1CCC(Cc2ccccc2)CC1. The molecule has 0 unspecified atom stereocenters. The smallest absolute Gasteiger partial charge is 0.263 e. The summed E-state index contributed by atoms with van der Waals surface area (Å²) in [7, 11) is 0. The zero-order valence-electron chi connectivity index (χ0n) is 15.1. The minimum atomic E-state index is 0.159. The first-order valence-corrected chi connectivity index (χ1v) is 10.6. The number of rotatable bonds is 4. The lowest BCUT2D eigenvalue weighted by atomic mass is 9.90. The van der Waals surface area contributed by atoms with Crippen molar-refractivity contribution in [3.8, 4) is 10.4 Å². The van der Waals surface area contributed by atoms with Crippen molar-refractivity contribution in [3.05, 3.63) is 82.2 Å². The molecule has 1 saturated heterocycles. The Balaban J connectivity index is 1.37. The largest absolute Gasteiger partial charge is 0.338 e. The Bertz CT molecular complexity index is 913. The van der Waals surface area contributed by atoms with Crippen molar-refractivity contribution < 1.29 is 4.79 Å². The van der Waals surface area contributed by atoms with Crippen LogP contribution in [0.5, 0.6) is 0 Å². The lowest BCUT2D eigenvalue weighted by Crippen LogP contribution is -2.38. The Labute approximate surface area is 169 Å². The quantitative estimate of drug-likeness (QED) is 0.517. The molecular formula is C23H22ClNOS. The molecular weight excluding hydrogens is 374 g/mol. The van der Waals surface area contributed by atoms with Gasteiger partial charge < -0.3 is 4.90 Å². The van der Waals surface area contributed by atoms with Crippen molar-refractivity contribution >= 4 is 28.8 Å². The standard InChI is InChI=1S/C23H22ClNOS/c24-20-8-4-7-19(16-20)21-9-10-22(27-21)23(26)25-13-11-18(12-14-25)15-17-5-2-1-3-6-17/h1-10,16,18H,11-15H2. The van der Waals surface area contributed by atoms with Gasteiger partial charge in [0.05, 0.1) is 4.88 Å². The van der Waals surface area contributed by atoms with E-state index in [0.29, 0.717) is 10.9 Å². The van der Waals surface area contributed by atoms with Crippen LogP contribution in [0.4, 0.5) is 0 Å². The molecule has 4 heteroatoms. The van der Waals surface area contributed by atoms with Crippen molar-refractivity contribution in [2.24, 2.45) is 5.92 Å². The van der Waals surface area contributed by atoms with Crippen LogP contribution < -0.4 is 0 Å². The van der Waals surface area contributed by atoms with Crippen molar-refractivity contribution in [1.82, 2.24) is 4.90 Å². The Morgan fingerprint density at radius 3 is 2.52 bits per heavy atom. The van der Waals surface area contributed by atoms with E-state index < -0.39 is 0 Å². The van der Waals surface area contributed by atoms with Gasteiger partial charge in [-0.3, -0.25) is 4.79 Å². The predicted molar refractivity (Wildman–Crippen MR) is 114 cm³/mol. The molecule has 0 radical (unpaired) electrons. The highest BCUT2D eigenvalue weighted by Crippen LogP contribution is 2.31. The molecule has 27 heavy (non-hydrogen) atoms. The average molecular weight is 396 g/mol. The van der Waals surface area contributed by atoms with Gasteiger partial charge in [0.15, 0.2) is 0 Å². The van der Waals surface area contributed by atoms with Gasteiger partial charge in [-0.2, -0.15) is 0 Å². The zero-order chi connectivity index (χ0) is 18.6. The maximum atomic E-state index is 12.9. The summed E-state index contributed by atoms with van der Waals surface area (Å²) in [4.78, 5) is 16.8. The van der Waals surface area contributed by atoms with E-state index in [1.165, 1.54) is 5.56 Å². The maximum absolute atomic E-state index is 12.9. The van der Waals surface area contributed by atoms with Crippen LogP contribution in [0.25, 0.3) is 10.4 Å². The second kappa shape index (κ2) is 8.28. The number of thiophene rings is 1. The third kappa shape index (κ3) is 4.42. The molecule has 0 spiro atoms. The monoisotopic (exact) mass is 395 g/mol. The summed E-state index contributed by atoms with van der Waals surface area (Å²) >= 11 is 7.64. The number of carbonyl (C=O) groups excluding carboxylic acids is 1. The van der Waals surface area contributed by atoms with Gasteiger partial charge in [0, 0.05) is 23.0 Å². The van der Waals surface area contributed by atoms with Gasteiger partial charge in [0.1, 0.15) is 0 Å². The van der Waals surface area contributed by atoms with Crippen LogP contribution in [0.1, 0.15) is 28.1 Å². The van der Waals surface area contributed by atoms with E-state index in [1.807, 2.05) is 41.3 Å². The highest BCUT2D eigenvalue weighted by Gasteiger charge is 2.24. The zero-order valence-corrected chi connectivity index (χ0v) is 16.7. The van der Waals surface area contributed by atoms with Crippen LogP contribution in [0.2, 0.25) is 5.02 Å². The predicted octanol–water partition coefficient (Wildman–Crippen LogP) is 6.16. The average Bonchev–Trinajstić information content (AvgIpc) is 3.19. The van der Waals surface area contributed by atoms with Gasteiger partial charge in [0.25, 0.3) is 5.91 Å². The molecule has 2 nitrogen and oxygen atoms in total. The summed E-state index contributed by atoms with van der Waals surface area (Å²) in [5.41, 5.74) is 2.46. The summed E-state index contributed by atoms with van der Waals surface area (Å²) in [5.74, 6) is 0.827. The Morgan fingerprint density at radius 2 is 1.78 bits per heavy atom. The summed E-state index contributed by atoms with van der Waals surface area (Å²) in [6.07, 6.45) is 3.26. The molecule has 0 aliphatic carbocycles. The first kappa shape index (κ1) is 18.3. The molecule has 3 aromatic rings. The highest BCUT2D eigenvalue weighted by atomic mass is 35.5. The third-order valence-corrected chi connectivity index (χ3v) is 6.55. The number of amides is 1. The number of hydrogen-bond acceptors (Lipinski definition) is 2. The molecule has 0 N–H and O–H groups in total. The first-order valence-electron chi connectivity index (χ1n) is 9.38. The fourth-order valence-electron chi connectivity index (χ4n) is 3.69. The van der Waals surface area contributed by atoms with Gasteiger partial charge in [-0.25, -0.2) is 0 Å². The summed E-state index contributed by atoms with van der Waals surface area (Å²) < 4.78 is 0. The number of carbonyl (C=O) groups is 1. The first-order chi connectivity index (χ1) is 13.2. The van der Waals surface area contributed by atoms with Crippen molar-refractivity contribution in [2.75, 3.05) is 13.1 Å². The molecule has 138 valence electrons. The van der Waals surface area contributed by atoms with E-state index in [1.54, 1.807) is 11.3 Å². The molecule has 1 aliphatic heterocycles. The van der Waals surface area contributed by atoms with Crippen molar-refractivity contribution in [3.63, 3.8) is 0 Å². The van der Waals surface area contributed by atoms with E-state index in [-0.39, 0.29) is 5.91 Å². The van der Waals surface area contributed by atoms with Crippen LogP contribution in [0.3, 0.4) is 0 Å². The molecule has 0 atom stereocenters. The Hall–Kier alpha value is -2.10. The normalized spacial score (nSPS) is 15.1. The van der Waals surface area contributed by atoms with E-state index in [0.717, 1.165) is 47.7 Å². The number of benzene rings is 2. The Kier molecular flexibility index (Phi) is 5.61. The summed E-state index contributed by atoms with van der Waals surface area (Å²) in [5, 5.41) is 0.717. The number of likely N-dealkylation sites (tertiary alicyclic amines) is 1. The molecule has 2 heterocycles. The topological polar surface area (TPSA) is 20.3 Å². The van der Waals surface area contributed by atoms with Crippen molar-refractivity contribution in [2.45, 2.75) is 19.3 Å². The van der Waals surface area contributed by atoms with E-state index in [4.69, 9.17) is 11.6 Å². The van der Waals surface area contributed by atoms with Crippen LogP contribution in [0, 0.1) is 5.92 Å². The molecule has 1 aromatic heterocycles. The third-order valence-electron chi connectivity index (χ3n) is 5.19. The van der Waals surface area contributed by atoms with Crippen LogP contribution >= 0.6 is 22.9 Å². The summed E-state index contributed by atoms with van der Waals surface area (Å²) in [6.45, 7) is 1.70. The number of halogens is 1. The van der Waals surface area contributed by atoms with Crippen LogP contribution in [0.15, 0.2) is 66.7 Å².